The van der Waals surface area contributed by atoms with Crippen molar-refractivity contribution in [3.8, 4) is 0 Å². The van der Waals surface area contributed by atoms with E-state index in [0.29, 0.717) is 6.04 Å². The Morgan fingerprint density at radius 3 is 2.27 bits per heavy atom. The van der Waals surface area contributed by atoms with Crippen molar-refractivity contribution in [2.45, 2.75) is 45.2 Å². The smallest absolute Gasteiger partial charge is 0.251 e. The fraction of sp³-hybridized carbons (Fsp3) is 1.00. The van der Waals surface area contributed by atoms with Gasteiger partial charge in [0.05, 0.1) is 6.54 Å². The van der Waals surface area contributed by atoms with Crippen molar-refractivity contribution in [3.05, 3.63) is 0 Å². The van der Waals surface area contributed by atoms with Gasteiger partial charge in [0, 0.05) is 11.6 Å². The summed E-state index contributed by atoms with van der Waals surface area (Å²) in [6.07, 6.45) is -1.17. The monoisotopic (exact) mass is 163 g/mol. The Bertz CT molecular complexity index is 145. The van der Waals surface area contributed by atoms with Crippen molar-refractivity contribution in [3.63, 3.8) is 0 Å². The highest BCUT2D eigenvalue weighted by molar-refractivity contribution is 4.97. The number of rotatable bonds is 2. The number of likely N-dealkylation sites (tertiary alicyclic amines) is 1. The third-order valence-corrected chi connectivity index (χ3v) is 2.44. The summed E-state index contributed by atoms with van der Waals surface area (Å²) < 4.78 is 24.0. The molecule has 1 rings (SSSR count). The fourth-order valence-corrected chi connectivity index (χ4v) is 2.01. The Hall–Kier alpha value is -0.180. The van der Waals surface area contributed by atoms with Gasteiger partial charge in [0.15, 0.2) is 0 Å². The minimum Gasteiger partial charge on any atom is -0.290 e. The van der Waals surface area contributed by atoms with E-state index in [2.05, 4.69) is 0 Å². The maximum absolute atomic E-state index is 12.0. The molecule has 1 atom stereocenters. The lowest BCUT2D eigenvalue weighted by molar-refractivity contribution is -0.0739. The van der Waals surface area contributed by atoms with Gasteiger partial charge in [-0.05, 0) is 27.2 Å². The van der Waals surface area contributed by atoms with Crippen LogP contribution in [0.1, 0.15) is 27.2 Å². The van der Waals surface area contributed by atoms with Crippen LogP contribution in [0.4, 0.5) is 8.78 Å². The average Bonchev–Trinajstić information content (AvgIpc) is 1.82. The van der Waals surface area contributed by atoms with E-state index >= 15 is 0 Å². The molecule has 3 heteroatoms. The van der Waals surface area contributed by atoms with Gasteiger partial charge in [0.1, 0.15) is 0 Å². The second kappa shape index (κ2) is 2.70. The zero-order chi connectivity index (χ0) is 8.65. The first-order valence-corrected chi connectivity index (χ1v) is 3.98. The summed E-state index contributed by atoms with van der Waals surface area (Å²) in [4.78, 5) is 1.86. The second-order valence-corrected chi connectivity index (χ2v) is 3.91. The van der Waals surface area contributed by atoms with E-state index in [1.54, 1.807) is 0 Å². The average molecular weight is 163 g/mol. The molecule has 1 fully saturated rings. The third kappa shape index (κ3) is 1.70. The maximum Gasteiger partial charge on any atom is 0.251 e. The van der Waals surface area contributed by atoms with Gasteiger partial charge in [-0.15, -0.1) is 0 Å². The van der Waals surface area contributed by atoms with E-state index in [4.69, 9.17) is 0 Å². The summed E-state index contributed by atoms with van der Waals surface area (Å²) in [7, 11) is 0. The van der Waals surface area contributed by atoms with Gasteiger partial charge in [-0.3, -0.25) is 4.90 Å². The zero-order valence-electron chi connectivity index (χ0n) is 7.27. The van der Waals surface area contributed by atoms with Crippen molar-refractivity contribution in [2.75, 3.05) is 6.54 Å². The van der Waals surface area contributed by atoms with Crippen LogP contribution in [-0.4, -0.2) is 29.5 Å². The van der Waals surface area contributed by atoms with Gasteiger partial charge >= 0.3 is 0 Å². The molecular formula is C8H15F2N. The molecule has 11 heavy (non-hydrogen) atoms. The lowest BCUT2D eigenvalue weighted by Gasteiger charge is -2.54. The first-order valence-electron chi connectivity index (χ1n) is 3.98. The Kier molecular flexibility index (Phi) is 2.19. The van der Waals surface area contributed by atoms with Crippen LogP contribution in [0.2, 0.25) is 0 Å². The lowest BCUT2D eigenvalue weighted by atomic mass is 9.82. The van der Waals surface area contributed by atoms with E-state index in [-0.39, 0.29) is 12.1 Å². The molecule has 0 radical (unpaired) electrons. The number of nitrogens with zero attached hydrogens (tertiary/aromatic N) is 1. The first-order chi connectivity index (χ1) is 4.93. The van der Waals surface area contributed by atoms with Gasteiger partial charge in [0.25, 0.3) is 6.43 Å². The van der Waals surface area contributed by atoms with E-state index in [9.17, 15) is 8.78 Å². The molecule has 0 spiro atoms. The molecule has 1 aliphatic rings. The molecule has 0 bridgehead atoms. The van der Waals surface area contributed by atoms with Crippen LogP contribution in [0.3, 0.4) is 0 Å². The molecule has 1 heterocycles. The standard InChI is InChI=1S/C8H15F2N/c1-6-4-8(2,3)11(6)5-7(9)10/h6-7H,4-5H2,1-3H3. The first kappa shape index (κ1) is 8.91. The molecule has 1 aliphatic heterocycles. The summed E-state index contributed by atoms with van der Waals surface area (Å²) >= 11 is 0. The van der Waals surface area contributed by atoms with Crippen LogP contribution in [0.15, 0.2) is 0 Å². The van der Waals surface area contributed by atoms with Crippen LogP contribution in [-0.2, 0) is 0 Å². The van der Waals surface area contributed by atoms with Crippen LogP contribution in [0.5, 0.6) is 0 Å². The Balaban J connectivity index is 2.43. The highest BCUT2D eigenvalue weighted by Crippen LogP contribution is 2.35. The summed E-state index contributed by atoms with van der Waals surface area (Å²) in [5.74, 6) is 0. The van der Waals surface area contributed by atoms with Gasteiger partial charge in [0.2, 0.25) is 0 Å². The van der Waals surface area contributed by atoms with Crippen molar-refractivity contribution >= 4 is 0 Å². The minimum absolute atomic E-state index is 0.00412. The van der Waals surface area contributed by atoms with E-state index in [1.165, 1.54) is 0 Å². The van der Waals surface area contributed by atoms with Gasteiger partial charge in [-0.2, -0.15) is 0 Å². The Morgan fingerprint density at radius 2 is 2.09 bits per heavy atom. The molecule has 1 nitrogen and oxygen atoms in total. The molecular weight excluding hydrogens is 148 g/mol. The van der Waals surface area contributed by atoms with Crippen LogP contribution in [0, 0.1) is 0 Å². The Morgan fingerprint density at radius 1 is 1.55 bits per heavy atom. The normalized spacial score (nSPS) is 30.5. The molecule has 0 amide bonds. The zero-order valence-corrected chi connectivity index (χ0v) is 7.27. The van der Waals surface area contributed by atoms with Crippen molar-refractivity contribution in [2.24, 2.45) is 0 Å². The number of hydrogen-bond donors (Lipinski definition) is 0. The minimum atomic E-state index is -2.20. The molecule has 1 saturated heterocycles. The Labute approximate surface area is 66.4 Å². The van der Waals surface area contributed by atoms with Gasteiger partial charge in [-0.25, -0.2) is 8.78 Å². The highest BCUT2D eigenvalue weighted by atomic mass is 19.3. The second-order valence-electron chi connectivity index (χ2n) is 3.91. The highest BCUT2D eigenvalue weighted by Gasteiger charge is 2.42. The molecule has 0 aliphatic carbocycles. The fourth-order valence-electron chi connectivity index (χ4n) is 2.01. The van der Waals surface area contributed by atoms with Crippen molar-refractivity contribution in [1.82, 2.24) is 4.90 Å². The molecule has 0 aromatic rings. The van der Waals surface area contributed by atoms with E-state index < -0.39 is 6.43 Å². The quantitative estimate of drug-likeness (QED) is 0.602. The van der Waals surface area contributed by atoms with Crippen LogP contribution >= 0.6 is 0 Å². The molecule has 1 unspecified atom stereocenters. The molecule has 0 saturated carbocycles. The summed E-state index contributed by atoms with van der Waals surface area (Å²) in [5, 5.41) is 0. The van der Waals surface area contributed by atoms with Crippen LogP contribution in [0.25, 0.3) is 0 Å². The number of halogens is 2. The number of alkyl halides is 2. The summed E-state index contributed by atoms with van der Waals surface area (Å²) in [5.41, 5.74) is -0.00412. The predicted octanol–water partition coefficient (Wildman–Crippen LogP) is 2.12. The summed E-state index contributed by atoms with van der Waals surface area (Å²) in [6, 6.07) is 0.332. The van der Waals surface area contributed by atoms with Crippen molar-refractivity contribution < 1.29 is 8.78 Å². The van der Waals surface area contributed by atoms with Gasteiger partial charge < -0.3 is 0 Å². The lowest BCUT2D eigenvalue weighted by Crippen LogP contribution is -2.62. The maximum atomic E-state index is 12.0. The van der Waals surface area contributed by atoms with E-state index in [0.717, 1.165) is 6.42 Å². The van der Waals surface area contributed by atoms with Gasteiger partial charge in [-0.1, -0.05) is 0 Å². The third-order valence-electron chi connectivity index (χ3n) is 2.44. The van der Waals surface area contributed by atoms with Crippen LogP contribution < -0.4 is 0 Å². The SMILES string of the molecule is CC1CC(C)(C)N1CC(F)F. The van der Waals surface area contributed by atoms with Crippen molar-refractivity contribution in [1.29, 1.82) is 0 Å². The molecule has 0 aromatic heterocycles. The summed E-state index contributed by atoms with van der Waals surface area (Å²) in [6.45, 7) is 5.94. The largest absolute Gasteiger partial charge is 0.290 e. The topological polar surface area (TPSA) is 3.24 Å². The van der Waals surface area contributed by atoms with E-state index in [1.807, 2.05) is 25.7 Å². The molecule has 66 valence electrons. The molecule has 0 N–H and O–H groups in total. The predicted molar refractivity (Wildman–Crippen MR) is 40.9 cm³/mol. The number of hydrogen-bond acceptors (Lipinski definition) is 1. The molecule has 0 aromatic carbocycles.